The molecule has 0 fully saturated rings. The number of aromatic hydroxyl groups is 1. The van der Waals surface area contributed by atoms with Crippen molar-refractivity contribution in [2.45, 2.75) is 6.10 Å². The average molecular weight is 223 g/mol. The molecule has 1 unspecified atom stereocenters. The Kier molecular flexibility index (Phi) is 2.02. The van der Waals surface area contributed by atoms with Crippen molar-refractivity contribution in [1.29, 1.82) is 5.26 Å². The lowest BCUT2D eigenvalue weighted by molar-refractivity contribution is 0.258. The molecule has 3 rings (SSSR count). The zero-order valence-corrected chi connectivity index (χ0v) is 8.92. The summed E-state index contributed by atoms with van der Waals surface area (Å²) in [4.78, 5) is 0. The Hall–Kier alpha value is -2.47. The van der Waals surface area contributed by atoms with E-state index in [0.717, 1.165) is 11.1 Å². The maximum Gasteiger partial charge on any atom is 0.210 e. The molecule has 2 aromatic rings. The van der Waals surface area contributed by atoms with Crippen LogP contribution in [0.15, 0.2) is 42.5 Å². The molecule has 3 heteroatoms. The standard InChI is InChI=1S/C14H9NO2/c15-8-14-12-7-9(16)5-6-10(12)11-3-1-2-4-13(11)17-14/h1-7,14,16H. The summed E-state index contributed by atoms with van der Waals surface area (Å²) in [6, 6.07) is 14.7. The van der Waals surface area contributed by atoms with Crippen molar-refractivity contribution in [1.82, 2.24) is 0 Å². The highest BCUT2D eigenvalue weighted by Gasteiger charge is 2.25. The number of phenolic OH excluding ortho intramolecular Hbond substituents is 1. The van der Waals surface area contributed by atoms with Gasteiger partial charge in [-0.05, 0) is 23.8 Å². The topological polar surface area (TPSA) is 53.2 Å². The van der Waals surface area contributed by atoms with Gasteiger partial charge in [0.25, 0.3) is 0 Å². The second-order valence-electron chi connectivity index (χ2n) is 3.89. The Morgan fingerprint density at radius 2 is 1.94 bits per heavy atom. The van der Waals surface area contributed by atoms with Crippen LogP contribution in [0, 0.1) is 11.3 Å². The number of nitrogens with zero attached hydrogens (tertiary/aromatic N) is 1. The molecular formula is C14H9NO2. The van der Waals surface area contributed by atoms with Crippen molar-refractivity contribution in [2.75, 3.05) is 0 Å². The van der Waals surface area contributed by atoms with E-state index in [4.69, 9.17) is 10.00 Å². The largest absolute Gasteiger partial charge is 0.508 e. The summed E-state index contributed by atoms with van der Waals surface area (Å²) in [5.74, 6) is 0.851. The summed E-state index contributed by atoms with van der Waals surface area (Å²) in [6.45, 7) is 0. The minimum absolute atomic E-state index is 0.145. The van der Waals surface area contributed by atoms with Gasteiger partial charge in [0.2, 0.25) is 6.10 Å². The lowest BCUT2D eigenvalue weighted by atomic mass is 9.93. The van der Waals surface area contributed by atoms with E-state index in [2.05, 4.69) is 6.07 Å². The number of fused-ring (bicyclic) bond motifs is 3. The summed E-state index contributed by atoms with van der Waals surface area (Å²) in [5, 5.41) is 18.6. The summed E-state index contributed by atoms with van der Waals surface area (Å²) < 4.78 is 5.59. The van der Waals surface area contributed by atoms with Gasteiger partial charge in [0.05, 0.1) is 0 Å². The van der Waals surface area contributed by atoms with Crippen LogP contribution in [0.25, 0.3) is 11.1 Å². The molecule has 82 valence electrons. The van der Waals surface area contributed by atoms with Crippen molar-refractivity contribution in [2.24, 2.45) is 0 Å². The van der Waals surface area contributed by atoms with E-state index in [1.165, 1.54) is 0 Å². The summed E-state index contributed by atoms with van der Waals surface area (Å²) in [5.41, 5.74) is 2.61. The zero-order valence-electron chi connectivity index (χ0n) is 8.92. The highest BCUT2D eigenvalue weighted by atomic mass is 16.5. The lowest BCUT2D eigenvalue weighted by Crippen LogP contribution is -2.12. The molecule has 0 aromatic heterocycles. The van der Waals surface area contributed by atoms with Crippen LogP contribution in [0.1, 0.15) is 11.7 Å². The van der Waals surface area contributed by atoms with Crippen molar-refractivity contribution in [3.8, 4) is 28.7 Å². The predicted molar refractivity (Wildman–Crippen MR) is 62.5 cm³/mol. The average Bonchev–Trinajstić information content (AvgIpc) is 2.37. The smallest absolute Gasteiger partial charge is 0.210 e. The highest BCUT2D eigenvalue weighted by molar-refractivity contribution is 5.76. The number of para-hydroxylation sites is 1. The molecule has 0 spiro atoms. The van der Waals surface area contributed by atoms with Crippen LogP contribution in [0.2, 0.25) is 0 Å². The number of phenols is 1. The van der Waals surface area contributed by atoms with Gasteiger partial charge in [0.15, 0.2) is 0 Å². The lowest BCUT2D eigenvalue weighted by Gasteiger charge is -2.24. The Bertz CT molecular complexity index is 628. The first-order chi connectivity index (χ1) is 8.29. The molecular weight excluding hydrogens is 214 g/mol. The number of rotatable bonds is 0. The Labute approximate surface area is 98.5 Å². The first-order valence-electron chi connectivity index (χ1n) is 5.28. The van der Waals surface area contributed by atoms with Gasteiger partial charge in [0.1, 0.15) is 17.6 Å². The van der Waals surface area contributed by atoms with Gasteiger partial charge in [-0.2, -0.15) is 5.26 Å². The fourth-order valence-corrected chi connectivity index (χ4v) is 2.09. The third-order valence-corrected chi connectivity index (χ3v) is 2.86. The van der Waals surface area contributed by atoms with Crippen LogP contribution in [0.5, 0.6) is 11.5 Å². The third kappa shape index (κ3) is 1.42. The Balaban J connectivity index is 2.29. The van der Waals surface area contributed by atoms with Crippen molar-refractivity contribution >= 4 is 0 Å². The van der Waals surface area contributed by atoms with E-state index in [9.17, 15) is 5.11 Å². The Morgan fingerprint density at radius 3 is 2.76 bits per heavy atom. The quantitative estimate of drug-likeness (QED) is 0.746. The molecule has 1 aliphatic heterocycles. The fourth-order valence-electron chi connectivity index (χ4n) is 2.09. The molecule has 0 radical (unpaired) electrons. The molecule has 1 heterocycles. The maximum absolute atomic E-state index is 9.48. The van der Waals surface area contributed by atoms with Gasteiger partial charge in [-0.3, -0.25) is 0 Å². The van der Waals surface area contributed by atoms with Crippen LogP contribution in [-0.4, -0.2) is 5.11 Å². The van der Waals surface area contributed by atoms with E-state index in [1.807, 2.05) is 30.3 Å². The second-order valence-corrected chi connectivity index (χ2v) is 3.89. The van der Waals surface area contributed by atoms with Crippen LogP contribution in [0.4, 0.5) is 0 Å². The molecule has 0 bridgehead atoms. The Morgan fingerprint density at radius 1 is 1.12 bits per heavy atom. The monoisotopic (exact) mass is 223 g/mol. The molecule has 0 amide bonds. The van der Waals surface area contributed by atoms with Gasteiger partial charge in [-0.25, -0.2) is 0 Å². The van der Waals surface area contributed by atoms with Crippen LogP contribution in [-0.2, 0) is 0 Å². The maximum atomic E-state index is 9.48. The summed E-state index contributed by atoms with van der Waals surface area (Å²) >= 11 is 0. The molecule has 2 aromatic carbocycles. The number of hydrogen-bond acceptors (Lipinski definition) is 3. The van der Waals surface area contributed by atoms with E-state index in [1.54, 1.807) is 12.1 Å². The van der Waals surface area contributed by atoms with Crippen molar-refractivity contribution in [3.63, 3.8) is 0 Å². The third-order valence-electron chi connectivity index (χ3n) is 2.86. The van der Waals surface area contributed by atoms with Gasteiger partial charge in [-0.15, -0.1) is 0 Å². The molecule has 0 aliphatic carbocycles. The first kappa shape index (κ1) is 9.73. The van der Waals surface area contributed by atoms with E-state index in [-0.39, 0.29) is 5.75 Å². The number of benzene rings is 2. The van der Waals surface area contributed by atoms with E-state index >= 15 is 0 Å². The molecule has 1 aliphatic rings. The number of ether oxygens (including phenoxy) is 1. The van der Waals surface area contributed by atoms with Crippen LogP contribution in [0.3, 0.4) is 0 Å². The van der Waals surface area contributed by atoms with E-state index in [0.29, 0.717) is 11.3 Å². The predicted octanol–water partition coefficient (Wildman–Crippen LogP) is 3.02. The van der Waals surface area contributed by atoms with Crippen molar-refractivity contribution in [3.05, 3.63) is 48.0 Å². The summed E-state index contributed by atoms with van der Waals surface area (Å²) in [7, 11) is 0. The first-order valence-corrected chi connectivity index (χ1v) is 5.28. The fraction of sp³-hybridized carbons (Fsp3) is 0.0714. The molecule has 1 atom stereocenters. The highest BCUT2D eigenvalue weighted by Crippen LogP contribution is 2.42. The normalized spacial score (nSPS) is 16.3. The van der Waals surface area contributed by atoms with Gasteiger partial charge < -0.3 is 9.84 Å². The van der Waals surface area contributed by atoms with E-state index < -0.39 is 6.10 Å². The molecule has 1 N–H and O–H groups in total. The van der Waals surface area contributed by atoms with Crippen LogP contribution >= 0.6 is 0 Å². The van der Waals surface area contributed by atoms with Crippen LogP contribution < -0.4 is 4.74 Å². The minimum atomic E-state index is -0.660. The van der Waals surface area contributed by atoms with Gasteiger partial charge >= 0.3 is 0 Å². The minimum Gasteiger partial charge on any atom is -0.508 e. The molecule has 17 heavy (non-hydrogen) atoms. The number of hydrogen-bond donors (Lipinski definition) is 1. The van der Waals surface area contributed by atoms with Crippen molar-refractivity contribution < 1.29 is 9.84 Å². The SMILES string of the molecule is N#CC1Oc2ccccc2-c2ccc(O)cc21. The molecule has 0 saturated heterocycles. The zero-order chi connectivity index (χ0) is 11.8. The summed E-state index contributed by atoms with van der Waals surface area (Å²) in [6.07, 6.45) is -0.660. The molecule has 3 nitrogen and oxygen atoms in total. The number of nitriles is 1. The second kappa shape index (κ2) is 3.53. The molecule has 0 saturated carbocycles. The van der Waals surface area contributed by atoms with Gasteiger partial charge in [-0.1, -0.05) is 24.3 Å². The van der Waals surface area contributed by atoms with Gasteiger partial charge in [0, 0.05) is 11.1 Å².